The normalized spacial score (nSPS) is 14.5. The first-order chi connectivity index (χ1) is 11.6. The van der Waals surface area contributed by atoms with Crippen LogP contribution in [0.25, 0.3) is 5.69 Å². The highest BCUT2D eigenvalue weighted by atomic mass is 16.2. The van der Waals surface area contributed by atoms with Gasteiger partial charge in [0, 0.05) is 30.9 Å². The topological polar surface area (TPSA) is 64.2 Å². The number of hydrogen-bond acceptors (Lipinski definition) is 3. The molecule has 2 N–H and O–H groups in total. The smallest absolute Gasteiger partial charge is 0.274 e. The molecule has 0 bridgehead atoms. The summed E-state index contributed by atoms with van der Waals surface area (Å²) in [7, 11) is 1.80. The number of likely N-dealkylation sites (N-methyl/N-ethyl adjacent to an activating group) is 1. The lowest BCUT2D eigenvalue weighted by molar-refractivity contribution is 0.0741. The highest BCUT2D eigenvalue weighted by molar-refractivity contribution is 5.94. The molecule has 1 amide bonds. The van der Waals surface area contributed by atoms with Crippen LogP contribution in [0.2, 0.25) is 0 Å². The summed E-state index contributed by atoms with van der Waals surface area (Å²) in [5.74, 6) is -0.0324. The van der Waals surface area contributed by atoms with Gasteiger partial charge in [-0.25, -0.2) is 4.68 Å². The third-order valence-corrected chi connectivity index (χ3v) is 5.04. The van der Waals surface area contributed by atoms with E-state index >= 15 is 0 Å². The van der Waals surface area contributed by atoms with Crippen LogP contribution in [0.5, 0.6) is 0 Å². The molecule has 1 unspecified atom stereocenters. The molecule has 0 spiro atoms. The summed E-state index contributed by atoms with van der Waals surface area (Å²) in [5.41, 5.74) is 10.9. The fraction of sp³-hybridized carbons (Fsp3) is 0.474. The second-order valence-electron chi connectivity index (χ2n) is 6.56. The average molecular weight is 326 g/mol. The van der Waals surface area contributed by atoms with Crippen molar-refractivity contribution in [3.8, 4) is 5.69 Å². The Morgan fingerprint density at radius 2 is 2.04 bits per heavy atom. The number of carbonyl (C=O) groups is 1. The Morgan fingerprint density at radius 3 is 2.67 bits per heavy atom. The Morgan fingerprint density at radius 1 is 1.33 bits per heavy atom. The molecule has 0 aliphatic heterocycles. The van der Waals surface area contributed by atoms with Crippen LogP contribution in [0.15, 0.2) is 24.3 Å². The van der Waals surface area contributed by atoms with Crippen molar-refractivity contribution in [2.45, 2.75) is 45.6 Å². The van der Waals surface area contributed by atoms with Crippen molar-refractivity contribution in [1.82, 2.24) is 14.7 Å². The van der Waals surface area contributed by atoms with E-state index < -0.39 is 0 Å². The molecule has 128 valence electrons. The van der Waals surface area contributed by atoms with Gasteiger partial charge in [0.05, 0.1) is 5.69 Å². The van der Waals surface area contributed by atoms with Gasteiger partial charge in [-0.15, -0.1) is 0 Å². The molecule has 5 heteroatoms. The van der Waals surface area contributed by atoms with E-state index in [9.17, 15) is 4.79 Å². The van der Waals surface area contributed by atoms with Gasteiger partial charge < -0.3 is 10.6 Å². The number of fused-ring (bicyclic) bond motifs is 1. The van der Waals surface area contributed by atoms with Crippen LogP contribution in [0, 0.1) is 0 Å². The van der Waals surface area contributed by atoms with Crippen LogP contribution in [-0.2, 0) is 19.3 Å². The van der Waals surface area contributed by atoms with E-state index in [0.717, 1.165) is 36.9 Å². The lowest BCUT2D eigenvalue weighted by Gasteiger charge is -2.23. The quantitative estimate of drug-likeness (QED) is 0.917. The van der Waals surface area contributed by atoms with Crippen molar-refractivity contribution >= 4 is 5.91 Å². The molecule has 5 nitrogen and oxygen atoms in total. The van der Waals surface area contributed by atoms with E-state index in [4.69, 9.17) is 5.73 Å². The lowest BCUT2D eigenvalue weighted by atomic mass is 10.1. The van der Waals surface area contributed by atoms with Gasteiger partial charge in [-0.2, -0.15) is 5.10 Å². The summed E-state index contributed by atoms with van der Waals surface area (Å²) < 4.78 is 1.95. The van der Waals surface area contributed by atoms with E-state index in [1.54, 1.807) is 11.9 Å². The van der Waals surface area contributed by atoms with Gasteiger partial charge in [0.1, 0.15) is 0 Å². The summed E-state index contributed by atoms with van der Waals surface area (Å²) in [6.45, 7) is 4.55. The molecule has 0 saturated heterocycles. The third-order valence-electron chi connectivity index (χ3n) is 5.04. The summed E-state index contributed by atoms with van der Waals surface area (Å²) in [5, 5.41) is 4.68. The van der Waals surface area contributed by atoms with Gasteiger partial charge in [-0.3, -0.25) is 4.79 Å². The first-order valence-electron chi connectivity index (χ1n) is 8.74. The maximum absolute atomic E-state index is 12.8. The van der Waals surface area contributed by atoms with Crippen molar-refractivity contribution in [3.05, 3.63) is 46.8 Å². The fourth-order valence-corrected chi connectivity index (χ4v) is 3.22. The number of hydrogen-bond donors (Lipinski definition) is 1. The van der Waals surface area contributed by atoms with E-state index in [1.165, 1.54) is 11.3 Å². The summed E-state index contributed by atoms with van der Waals surface area (Å²) in [4.78, 5) is 14.5. The third kappa shape index (κ3) is 2.84. The van der Waals surface area contributed by atoms with Gasteiger partial charge in [-0.05, 0) is 50.3 Å². The van der Waals surface area contributed by atoms with E-state index in [1.807, 2.05) is 11.6 Å². The Bertz CT molecular complexity index is 733. The zero-order chi connectivity index (χ0) is 17.3. The number of nitrogens with zero attached hydrogens (tertiary/aromatic N) is 3. The number of aryl methyl sites for hydroxylation is 1. The first-order valence-corrected chi connectivity index (χ1v) is 8.74. The maximum Gasteiger partial charge on any atom is 0.274 e. The van der Waals surface area contributed by atoms with E-state index in [0.29, 0.717) is 12.2 Å². The molecule has 0 fully saturated rings. The van der Waals surface area contributed by atoms with Crippen molar-refractivity contribution in [2.75, 3.05) is 13.6 Å². The highest BCUT2D eigenvalue weighted by Crippen LogP contribution is 2.28. The van der Waals surface area contributed by atoms with E-state index in [2.05, 4.69) is 36.3 Å². The van der Waals surface area contributed by atoms with Crippen LogP contribution < -0.4 is 5.73 Å². The van der Waals surface area contributed by atoms with E-state index in [-0.39, 0.29) is 11.9 Å². The van der Waals surface area contributed by atoms with Gasteiger partial charge in [0.25, 0.3) is 5.91 Å². The predicted octanol–water partition coefficient (Wildman–Crippen LogP) is 2.34. The Labute approximate surface area is 143 Å². The van der Waals surface area contributed by atoms with Crippen LogP contribution >= 0.6 is 0 Å². The second kappa shape index (κ2) is 6.77. The predicted molar refractivity (Wildman–Crippen MR) is 95.6 cm³/mol. The van der Waals surface area contributed by atoms with Crippen LogP contribution in [0.4, 0.5) is 0 Å². The molecular weight excluding hydrogens is 300 g/mol. The summed E-state index contributed by atoms with van der Waals surface area (Å²) in [6.07, 6.45) is 4.00. The van der Waals surface area contributed by atoms with Crippen LogP contribution in [-0.4, -0.2) is 40.2 Å². The minimum absolute atomic E-state index is 0.00328. The van der Waals surface area contributed by atoms with Crippen molar-refractivity contribution in [2.24, 2.45) is 5.73 Å². The molecule has 1 aromatic carbocycles. The number of aromatic nitrogens is 2. The van der Waals surface area contributed by atoms with Crippen LogP contribution in [0.3, 0.4) is 0 Å². The minimum Gasteiger partial charge on any atom is -0.336 e. The lowest BCUT2D eigenvalue weighted by Crippen LogP contribution is -2.40. The maximum atomic E-state index is 12.8. The molecular formula is C19H26N4O. The number of rotatable bonds is 5. The average Bonchev–Trinajstić information content (AvgIpc) is 3.22. The Hall–Kier alpha value is -2.14. The monoisotopic (exact) mass is 326 g/mol. The largest absolute Gasteiger partial charge is 0.336 e. The number of carbonyl (C=O) groups excluding carboxylic acids is 1. The SMILES string of the molecule is CCc1ccc(-n2nc(C(=O)N(C)C(C)CN)c3c2CCC3)cc1. The first kappa shape index (κ1) is 16.7. The van der Waals surface area contributed by atoms with Crippen molar-refractivity contribution in [3.63, 3.8) is 0 Å². The second-order valence-corrected chi connectivity index (χ2v) is 6.56. The number of amides is 1. The Balaban J connectivity index is 1.99. The van der Waals surface area contributed by atoms with Gasteiger partial charge >= 0.3 is 0 Å². The molecule has 0 radical (unpaired) electrons. The zero-order valence-corrected chi connectivity index (χ0v) is 14.7. The molecule has 2 aromatic rings. The minimum atomic E-state index is -0.0324. The standard InChI is InChI=1S/C19H26N4O/c1-4-14-8-10-15(11-9-14)23-17-7-5-6-16(17)18(21-23)19(24)22(3)13(2)12-20/h8-11,13H,4-7,12,20H2,1-3H3. The summed E-state index contributed by atoms with van der Waals surface area (Å²) >= 11 is 0. The Kier molecular flexibility index (Phi) is 4.71. The molecule has 1 aliphatic carbocycles. The molecule has 3 rings (SSSR count). The fourth-order valence-electron chi connectivity index (χ4n) is 3.22. The molecule has 1 aromatic heterocycles. The molecule has 24 heavy (non-hydrogen) atoms. The molecule has 0 saturated carbocycles. The van der Waals surface area contributed by atoms with Crippen LogP contribution in [0.1, 0.15) is 47.6 Å². The number of benzene rings is 1. The molecule has 1 aliphatic rings. The van der Waals surface area contributed by atoms with Gasteiger partial charge in [0.2, 0.25) is 0 Å². The number of nitrogens with two attached hydrogens (primary N) is 1. The zero-order valence-electron chi connectivity index (χ0n) is 14.7. The van der Waals surface area contributed by atoms with Gasteiger partial charge in [-0.1, -0.05) is 19.1 Å². The summed E-state index contributed by atoms with van der Waals surface area (Å²) in [6, 6.07) is 8.43. The van der Waals surface area contributed by atoms with Crippen molar-refractivity contribution < 1.29 is 4.79 Å². The molecule has 1 heterocycles. The molecule has 1 atom stereocenters. The van der Waals surface area contributed by atoms with Crippen molar-refractivity contribution in [1.29, 1.82) is 0 Å². The highest BCUT2D eigenvalue weighted by Gasteiger charge is 2.29. The van der Waals surface area contributed by atoms with Gasteiger partial charge in [0.15, 0.2) is 5.69 Å².